The molecule has 1 aliphatic heterocycles. The second-order valence-electron chi connectivity index (χ2n) is 3.92. The van der Waals surface area contributed by atoms with Crippen LogP contribution < -0.4 is 5.32 Å². The van der Waals surface area contributed by atoms with Gasteiger partial charge in [-0.1, -0.05) is 0 Å². The third-order valence-corrected chi connectivity index (χ3v) is 3.39. The van der Waals surface area contributed by atoms with Crippen LogP contribution in [0.3, 0.4) is 0 Å². The number of alkyl halides is 3. The maximum Gasteiger partial charge on any atom is 0.446 e. The number of thioether (sulfide) groups is 1. The molecule has 1 atom stereocenters. The number of benzene rings is 1. The number of halogens is 3. The van der Waals surface area contributed by atoms with Crippen LogP contribution in [-0.4, -0.2) is 17.2 Å². The zero-order chi connectivity index (χ0) is 12.5. The van der Waals surface area contributed by atoms with Crippen LogP contribution in [0.1, 0.15) is 24.4 Å². The lowest BCUT2D eigenvalue weighted by Gasteiger charge is -2.14. The van der Waals surface area contributed by atoms with Gasteiger partial charge in [0.05, 0.1) is 0 Å². The number of hydrogen-bond acceptors (Lipinski definition) is 3. The van der Waals surface area contributed by atoms with E-state index in [1.54, 1.807) is 0 Å². The Hall–Kier alpha value is -0.880. The highest BCUT2D eigenvalue weighted by atomic mass is 32.2. The number of hydrogen-bond donors (Lipinski definition) is 2. The highest BCUT2D eigenvalue weighted by Crippen LogP contribution is 2.40. The second-order valence-corrected chi connectivity index (χ2v) is 5.06. The summed E-state index contributed by atoms with van der Waals surface area (Å²) >= 11 is -0.156. The predicted octanol–water partition coefficient (Wildman–Crippen LogP) is 3.43. The molecule has 2 nitrogen and oxygen atoms in total. The fourth-order valence-electron chi connectivity index (χ4n) is 1.96. The quantitative estimate of drug-likeness (QED) is 0.802. The van der Waals surface area contributed by atoms with Crippen molar-refractivity contribution in [2.45, 2.75) is 29.3 Å². The fraction of sp³-hybridized carbons (Fsp3) is 0.455. The average Bonchev–Trinajstić information content (AvgIpc) is 2.72. The molecule has 0 aliphatic carbocycles. The van der Waals surface area contributed by atoms with Gasteiger partial charge < -0.3 is 10.4 Å². The SMILES string of the molecule is Oc1ccc(SC(F)(F)F)cc1[C@@H]1CCCN1. The topological polar surface area (TPSA) is 32.3 Å². The molecule has 0 unspecified atom stereocenters. The summed E-state index contributed by atoms with van der Waals surface area (Å²) in [6, 6.07) is 3.98. The summed E-state index contributed by atoms with van der Waals surface area (Å²) in [7, 11) is 0. The van der Waals surface area contributed by atoms with Gasteiger partial charge in [0, 0.05) is 16.5 Å². The largest absolute Gasteiger partial charge is 0.508 e. The molecule has 1 aliphatic rings. The van der Waals surface area contributed by atoms with Crippen LogP contribution in [0.2, 0.25) is 0 Å². The van der Waals surface area contributed by atoms with Crippen LogP contribution in [0, 0.1) is 0 Å². The lowest BCUT2D eigenvalue weighted by Crippen LogP contribution is -2.13. The molecule has 0 saturated carbocycles. The Morgan fingerprint density at radius 3 is 2.71 bits per heavy atom. The van der Waals surface area contributed by atoms with E-state index in [1.165, 1.54) is 18.2 Å². The molecule has 1 fully saturated rings. The van der Waals surface area contributed by atoms with Crippen LogP contribution >= 0.6 is 11.8 Å². The Bertz CT molecular complexity index is 402. The van der Waals surface area contributed by atoms with Gasteiger partial charge in [-0.15, -0.1) is 0 Å². The van der Waals surface area contributed by atoms with Gasteiger partial charge in [-0.05, 0) is 49.3 Å². The van der Waals surface area contributed by atoms with Crippen molar-refractivity contribution < 1.29 is 18.3 Å². The van der Waals surface area contributed by atoms with Crippen molar-refractivity contribution in [1.82, 2.24) is 5.32 Å². The van der Waals surface area contributed by atoms with Crippen LogP contribution in [0.5, 0.6) is 5.75 Å². The zero-order valence-electron chi connectivity index (χ0n) is 8.92. The van der Waals surface area contributed by atoms with Gasteiger partial charge in [0.1, 0.15) is 5.75 Å². The smallest absolute Gasteiger partial charge is 0.446 e. The van der Waals surface area contributed by atoms with Gasteiger partial charge in [0.2, 0.25) is 0 Å². The first-order chi connectivity index (χ1) is 7.96. The van der Waals surface area contributed by atoms with E-state index in [2.05, 4.69) is 5.32 Å². The number of aromatic hydroxyl groups is 1. The molecular weight excluding hydrogens is 251 g/mol. The third kappa shape index (κ3) is 3.29. The second kappa shape index (κ2) is 4.78. The van der Waals surface area contributed by atoms with Crippen LogP contribution in [-0.2, 0) is 0 Å². The lowest BCUT2D eigenvalue weighted by atomic mass is 10.0. The number of phenolic OH excluding ortho intramolecular Hbond substituents is 1. The molecule has 1 aromatic rings. The van der Waals surface area contributed by atoms with Gasteiger partial charge in [-0.2, -0.15) is 13.2 Å². The van der Waals surface area contributed by atoms with E-state index < -0.39 is 5.51 Å². The van der Waals surface area contributed by atoms with Crippen molar-refractivity contribution in [3.8, 4) is 5.75 Å². The van der Waals surface area contributed by atoms with Crippen molar-refractivity contribution in [2.75, 3.05) is 6.54 Å². The Balaban J connectivity index is 2.22. The van der Waals surface area contributed by atoms with Gasteiger partial charge in [0.15, 0.2) is 0 Å². The monoisotopic (exact) mass is 263 g/mol. The zero-order valence-corrected chi connectivity index (χ0v) is 9.74. The normalized spacial score (nSPS) is 20.8. The Kier molecular flexibility index (Phi) is 3.53. The first-order valence-corrected chi connectivity index (χ1v) is 6.09. The van der Waals surface area contributed by atoms with Gasteiger partial charge in [0.25, 0.3) is 0 Å². The minimum Gasteiger partial charge on any atom is -0.508 e. The molecule has 2 rings (SSSR count). The average molecular weight is 263 g/mol. The summed E-state index contributed by atoms with van der Waals surface area (Å²) in [4.78, 5) is 0.110. The first-order valence-electron chi connectivity index (χ1n) is 5.28. The van der Waals surface area contributed by atoms with E-state index in [1.807, 2.05) is 0 Å². The van der Waals surface area contributed by atoms with Gasteiger partial charge >= 0.3 is 5.51 Å². The van der Waals surface area contributed by atoms with E-state index in [4.69, 9.17) is 0 Å². The van der Waals surface area contributed by atoms with Crippen molar-refractivity contribution in [3.63, 3.8) is 0 Å². The maximum absolute atomic E-state index is 12.2. The van der Waals surface area contributed by atoms with E-state index in [9.17, 15) is 18.3 Å². The van der Waals surface area contributed by atoms with Crippen LogP contribution in [0.25, 0.3) is 0 Å². The van der Waals surface area contributed by atoms with Gasteiger partial charge in [-0.25, -0.2) is 0 Å². The predicted molar refractivity (Wildman–Crippen MR) is 60.0 cm³/mol. The van der Waals surface area contributed by atoms with E-state index in [0.29, 0.717) is 5.56 Å². The number of rotatable bonds is 2. The molecule has 1 aromatic carbocycles. The van der Waals surface area contributed by atoms with Crippen molar-refractivity contribution >= 4 is 11.8 Å². The molecule has 17 heavy (non-hydrogen) atoms. The van der Waals surface area contributed by atoms with Crippen molar-refractivity contribution in [1.29, 1.82) is 0 Å². The van der Waals surface area contributed by atoms with E-state index >= 15 is 0 Å². The Morgan fingerprint density at radius 2 is 2.12 bits per heavy atom. The van der Waals surface area contributed by atoms with Crippen molar-refractivity contribution in [2.24, 2.45) is 0 Å². The highest BCUT2D eigenvalue weighted by molar-refractivity contribution is 8.00. The fourth-order valence-corrected chi connectivity index (χ4v) is 2.55. The van der Waals surface area contributed by atoms with E-state index in [-0.39, 0.29) is 28.4 Å². The molecule has 0 radical (unpaired) electrons. The van der Waals surface area contributed by atoms with Gasteiger partial charge in [-0.3, -0.25) is 0 Å². The first kappa shape index (κ1) is 12.6. The molecule has 1 saturated heterocycles. The molecule has 0 amide bonds. The minimum absolute atomic E-state index is 0.0382. The Labute approximate surface area is 101 Å². The number of phenols is 1. The Morgan fingerprint density at radius 1 is 1.35 bits per heavy atom. The molecule has 1 heterocycles. The molecule has 94 valence electrons. The molecule has 2 N–H and O–H groups in total. The standard InChI is InChI=1S/C11H12F3NOS/c12-11(13,14)17-7-3-4-10(16)8(6-7)9-2-1-5-15-9/h3-4,6,9,15-16H,1-2,5H2/t9-/m0/s1. The maximum atomic E-state index is 12.2. The molecule has 0 bridgehead atoms. The number of nitrogens with one attached hydrogen (secondary N) is 1. The minimum atomic E-state index is -4.29. The molecule has 0 aromatic heterocycles. The molecular formula is C11H12F3NOS. The van der Waals surface area contributed by atoms with E-state index in [0.717, 1.165) is 19.4 Å². The summed E-state index contributed by atoms with van der Waals surface area (Å²) < 4.78 is 36.7. The summed E-state index contributed by atoms with van der Waals surface area (Å²) in [5.74, 6) is 0.0518. The molecule has 6 heteroatoms. The summed E-state index contributed by atoms with van der Waals surface area (Å²) in [6.07, 6.45) is 1.81. The highest BCUT2D eigenvalue weighted by Gasteiger charge is 2.30. The van der Waals surface area contributed by atoms with Crippen LogP contribution in [0.4, 0.5) is 13.2 Å². The summed E-state index contributed by atoms with van der Waals surface area (Å²) in [5.41, 5.74) is -3.74. The molecule has 0 spiro atoms. The third-order valence-electron chi connectivity index (χ3n) is 2.67. The summed E-state index contributed by atoms with van der Waals surface area (Å²) in [6.45, 7) is 0.834. The lowest BCUT2D eigenvalue weighted by molar-refractivity contribution is -0.0328. The van der Waals surface area contributed by atoms with Crippen molar-refractivity contribution in [3.05, 3.63) is 23.8 Å². The van der Waals surface area contributed by atoms with Crippen LogP contribution in [0.15, 0.2) is 23.1 Å². The summed E-state index contributed by atoms with van der Waals surface area (Å²) in [5, 5.41) is 12.8.